The molecule has 1 aliphatic rings. The Hall–Kier alpha value is -7.23. The van der Waals surface area contributed by atoms with Crippen LogP contribution < -0.4 is 13.5 Å². The molecule has 13 rings (SSSR count). The molecule has 308 valence electrons. The molecule has 0 radical (unpaired) electrons. The molecule has 0 saturated heterocycles. The van der Waals surface area contributed by atoms with Crippen molar-refractivity contribution in [2.45, 2.75) is 5.51 Å². The molecule has 0 amide bonds. The minimum Gasteiger partial charge on any atom is -0.403 e. The summed E-state index contributed by atoms with van der Waals surface area (Å²) in [6, 6.07) is 54.8. The fourth-order valence-electron chi connectivity index (χ4n) is 10.2. The van der Waals surface area contributed by atoms with Crippen molar-refractivity contribution in [3.05, 3.63) is 170 Å². The quantitative estimate of drug-likeness (QED) is 0.141. The minimum atomic E-state index is -6.33. The molecule has 0 aromatic heterocycles. The predicted molar refractivity (Wildman–Crippen MR) is 252 cm³/mol. The highest BCUT2D eigenvalue weighted by Crippen LogP contribution is 2.63. The van der Waals surface area contributed by atoms with Crippen molar-refractivity contribution in [1.82, 2.24) is 4.49 Å². The number of nitrogens with one attached hydrogen (secondary N) is 1. The second-order valence-electron chi connectivity index (χ2n) is 16.4. The molecule has 0 aliphatic carbocycles. The van der Waals surface area contributed by atoms with E-state index in [0.717, 1.165) is 75.4 Å². The van der Waals surface area contributed by atoms with E-state index in [1.54, 1.807) is 0 Å². The molecular weight excluding hydrogens is 851 g/mol. The van der Waals surface area contributed by atoms with E-state index in [-0.39, 0.29) is 11.5 Å². The summed E-state index contributed by atoms with van der Waals surface area (Å²) >= 11 is 0. The number of hydrogen-bond acceptors (Lipinski definition) is 5. The summed E-state index contributed by atoms with van der Waals surface area (Å²) in [5.41, 5.74) is -3.06. The molecule has 1 aliphatic heterocycles. The smallest absolute Gasteiger partial charge is 0.403 e. The maximum atomic E-state index is 15.6. The molecule has 0 unspecified atom stereocenters. The summed E-state index contributed by atoms with van der Waals surface area (Å²) < 4.78 is 99.7. The van der Waals surface area contributed by atoms with Crippen LogP contribution in [0.15, 0.2) is 170 Å². The number of sulfonamides is 1. The van der Waals surface area contributed by atoms with Crippen LogP contribution in [0.5, 0.6) is 11.5 Å². The molecule has 0 saturated carbocycles. The van der Waals surface area contributed by atoms with Gasteiger partial charge >= 0.3 is 23.3 Å². The van der Waals surface area contributed by atoms with Crippen molar-refractivity contribution < 1.29 is 35.2 Å². The van der Waals surface area contributed by atoms with Gasteiger partial charge in [0.05, 0.1) is 0 Å². The number of fused-ring (bicyclic) bond motifs is 7. The number of benzene rings is 12. The Morgan fingerprint density at radius 2 is 0.750 bits per heavy atom. The molecule has 0 fully saturated rings. The topological polar surface area (TPSA) is 81.7 Å². The second kappa shape index (κ2) is 12.9. The van der Waals surface area contributed by atoms with E-state index in [4.69, 9.17) is 9.05 Å². The van der Waals surface area contributed by atoms with E-state index in [1.165, 1.54) is 4.49 Å². The van der Waals surface area contributed by atoms with Gasteiger partial charge < -0.3 is 9.05 Å². The summed E-state index contributed by atoms with van der Waals surface area (Å²) in [4.78, 5) is 0. The van der Waals surface area contributed by atoms with Crippen LogP contribution in [0, 0.1) is 0 Å². The molecule has 12 aromatic rings. The highest BCUT2D eigenvalue weighted by atomic mass is 32.2. The van der Waals surface area contributed by atoms with Gasteiger partial charge in [-0.2, -0.15) is 13.2 Å². The maximum Gasteiger partial charge on any atom is 0.526 e. The molecule has 64 heavy (non-hydrogen) atoms. The lowest BCUT2D eigenvalue weighted by atomic mass is 9.83. The molecule has 11 heteroatoms. The summed E-state index contributed by atoms with van der Waals surface area (Å²) in [6.45, 7) is 0. The van der Waals surface area contributed by atoms with Gasteiger partial charge in [0.15, 0.2) is 0 Å². The SMILES string of the molecule is O=P1(NS(=O)(=O)C(F)(F)F)Oc2c(-c3cc4cccc5ccc6cccc3c6c54)cc3ccccc3c2-c2c(c(-c3cc4cccc5ccc6cccc3c6c54)cc3ccccc23)O1. The zero-order chi connectivity index (χ0) is 43.3. The highest BCUT2D eigenvalue weighted by molar-refractivity contribution is 7.95. The first kappa shape index (κ1) is 37.3. The predicted octanol–water partition coefficient (Wildman–Crippen LogP) is 15.1. The first-order valence-corrected chi connectivity index (χ1v) is 23.5. The van der Waals surface area contributed by atoms with E-state index >= 15 is 4.57 Å². The first-order chi connectivity index (χ1) is 30.9. The molecule has 6 nitrogen and oxygen atoms in total. The van der Waals surface area contributed by atoms with Crippen molar-refractivity contribution in [2.75, 3.05) is 0 Å². The van der Waals surface area contributed by atoms with Gasteiger partial charge in [-0.15, -0.1) is 0 Å². The van der Waals surface area contributed by atoms with Gasteiger partial charge in [-0.3, -0.25) is 0 Å². The molecular formula is C53H29F3NO5PS. The third-order valence-electron chi connectivity index (χ3n) is 12.8. The number of rotatable bonds is 4. The van der Waals surface area contributed by atoms with E-state index in [2.05, 4.69) is 12.1 Å². The number of halogens is 3. The van der Waals surface area contributed by atoms with Gasteiger partial charge in [0.2, 0.25) is 0 Å². The lowest BCUT2D eigenvalue weighted by Gasteiger charge is -2.23. The van der Waals surface area contributed by atoms with E-state index in [9.17, 15) is 21.6 Å². The molecule has 0 bridgehead atoms. The summed E-state index contributed by atoms with van der Waals surface area (Å²) in [7, 11) is -11.9. The summed E-state index contributed by atoms with van der Waals surface area (Å²) in [5, 5.41) is 14.1. The van der Waals surface area contributed by atoms with Crippen LogP contribution in [0.1, 0.15) is 0 Å². The van der Waals surface area contributed by atoms with Gasteiger partial charge in [-0.1, -0.05) is 150 Å². The lowest BCUT2D eigenvalue weighted by molar-refractivity contribution is -0.0443. The van der Waals surface area contributed by atoms with Crippen molar-refractivity contribution in [1.29, 1.82) is 0 Å². The van der Waals surface area contributed by atoms with Crippen LogP contribution in [-0.4, -0.2) is 13.9 Å². The fourth-order valence-corrected chi connectivity index (χ4v) is 13.0. The standard InChI is InChI=1S/C53H29F3NO5PS/c54-53(55,56)64(59,60)57-63(58)61-51-43(41-27-35-15-5-11-29-21-23-31-13-7-19-39(41)47(31)45(29)35)25-33-9-1-3-17-37(33)49(51)50-38-18-4-2-10-34(38)26-44(52(50)62-63)42-28-36-16-6-12-30-22-24-32-14-8-20-40(42)48(32)46(30)36/h1-28H,(H,57,58). The maximum absolute atomic E-state index is 15.6. The largest absolute Gasteiger partial charge is 0.526 e. The van der Waals surface area contributed by atoms with Crippen molar-refractivity contribution in [2.24, 2.45) is 0 Å². The molecule has 0 atom stereocenters. The number of hydrogen-bond donors (Lipinski definition) is 1. The van der Waals surface area contributed by atoms with Crippen LogP contribution in [0.4, 0.5) is 13.2 Å². The zero-order valence-corrected chi connectivity index (χ0v) is 34.9. The zero-order valence-electron chi connectivity index (χ0n) is 33.2. The van der Waals surface area contributed by atoms with E-state index in [1.807, 2.05) is 158 Å². The number of alkyl halides is 3. The van der Waals surface area contributed by atoms with Crippen LogP contribution in [0.3, 0.4) is 0 Å². The molecule has 1 heterocycles. The van der Waals surface area contributed by atoms with Gasteiger partial charge in [0, 0.05) is 22.3 Å². The van der Waals surface area contributed by atoms with Crippen LogP contribution in [-0.2, 0) is 14.6 Å². The van der Waals surface area contributed by atoms with Crippen LogP contribution in [0.25, 0.3) is 120 Å². The second-order valence-corrected chi connectivity index (χ2v) is 19.9. The molecule has 1 N–H and O–H groups in total. The molecule has 0 spiro atoms. The Kier molecular flexibility index (Phi) is 7.54. The summed E-state index contributed by atoms with van der Waals surface area (Å²) in [6.07, 6.45) is 0. The average molecular weight is 880 g/mol. The fraction of sp³-hybridized carbons (Fsp3) is 0.0189. The highest BCUT2D eigenvalue weighted by Gasteiger charge is 2.53. The average Bonchev–Trinajstić information content (AvgIpc) is 3.43. The van der Waals surface area contributed by atoms with Crippen LogP contribution in [0.2, 0.25) is 0 Å². The Morgan fingerprint density at radius 1 is 0.406 bits per heavy atom. The van der Waals surface area contributed by atoms with Gasteiger partial charge in [0.1, 0.15) is 11.5 Å². The Morgan fingerprint density at radius 3 is 1.19 bits per heavy atom. The van der Waals surface area contributed by atoms with Crippen molar-refractivity contribution in [3.8, 4) is 44.9 Å². The Balaban J connectivity index is 1.22. The lowest BCUT2D eigenvalue weighted by Crippen LogP contribution is -2.36. The van der Waals surface area contributed by atoms with Gasteiger partial charge in [-0.25, -0.2) is 13.0 Å². The third-order valence-corrected chi connectivity index (χ3v) is 16.1. The van der Waals surface area contributed by atoms with Crippen molar-refractivity contribution in [3.63, 3.8) is 0 Å². The van der Waals surface area contributed by atoms with E-state index < -0.39 is 23.3 Å². The van der Waals surface area contributed by atoms with Gasteiger partial charge in [-0.05, 0) is 122 Å². The third kappa shape index (κ3) is 5.24. The first-order valence-electron chi connectivity index (χ1n) is 20.5. The Bertz CT molecular complexity index is 3930. The van der Waals surface area contributed by atoms with E-state index in [0.29, 0.717) is 44.2 Å². The molecule has 12 aromatic carbocycles. The minimum absolute atomic E-state index is 0.0994. The van der Waals surface area contributed by atoms with Crippen molar-refractivity contribution >= 4 is 104 Å². The monoisotopic (exact) mass is 879 g/mol. The normalized spacial score (nSPS) is 14.2. The summed E-state index contributed by atoms with van der Waals surface area (Å²) in [5.74, 6) is -0.199. The van der Waals surface area contributed by atoms with Crippen LogP contribution >= 0.6 is 7.75 Å². The Labute approximate surface area is 362 Å². The van der Waals surface area contributed by atoms with Gasteiger partial charge in [0.25, 0.3) is 0 Å².